The Kier molecular flexibility index (Phi) is 1.46. The van der Waals surface area contributed by atoms with Crippen LogP contribution in [0.3, 0.4) is 0 Å². The lowest BCUT2D eigenvalue weighted by Crippen LogP contribution is -2.08. The van der Waals surface area contributed by atoms with E-state index in [9.17, 15) is 0 Å². The number of hydrogen-bond acceptors (Lipinski definition) is 3. The van der Waals surface area contributed by atoms with Gasteiger partial charge in [-0.15, -0.1) is 10.5 Å². The minimum absolute atomic E-state index is 0.848. The van der Waals surface area contributed by atoms with Gasteiger partial charge in [0.15, 0.2) is 0 Å². The van der Waals surface area contributed by atoms with Crippen molar-refractivity contribution in [2.75, 3.05) is 19.0 Å². The number of fused-ring (bicyclic) bond motifs is 1. The van der Waals surface area contributed by atoms with E-state index in [-0.39, 0.29) is 0 Å². The van der Waals surface area contributed by atoms with Crippen molar-refractivity contribution in [3.8, 4) is 0 Å². The number of nitrogens with zero attached hydrogens (tertiary/aromatic N) is 4. The molecule has 0 aliphatic carbocycles. The first-order valence-corrected chi connectivity index (χ1v) is 3.70. The molecule has 12 heavy (non-hydrogen) atoms. The van der Waals surface area contributed by atoms with Gasteiger partial charge in [-0.2, -0.15) is 0 Å². The van der Waals surface area contributed by atoms with Gasteiger partial charge in [-0.3, -0.25) is 0 Å². The van der Waals surface area contributed by atoms with Crippen LogP contribution in [-0.4, -0.2) is 14.1 Å². The fourth-order valence-corrected chi connectivity index (χ4v) is 1.07. The number of benzene rings is 1. The minimum atomic E-state index is 0.848. The van der Waals surface area contributed by atoms with Gasteiger partial charge in [0.25, 0.3) is 0 Å². The third-order valence-corrected chi connectivity index (χ3v) is 1.78. The van der Waals surface area contributed by atoms with E-state index in [1.54, 1.807) is 0 Å². The van der Waals surface area contributed by atoms with Crippen LogP contribution in [-0.2, 0) is 0 Å². The normalized spacial score (nSPS) is 12.5. The van der Waals surface area contributed by atoms with Crippen LogP contribution in [0.5, 0.6) is 0 Å². The molecule has 0 amide bonds. The Labute approximate surface area is 70.9 Å². The zero-order valence-electron chi connectivity index (χ0n) is 7.02. The SMILES string of the molecule is CN(C)c1ccc2c(c1)[N]N=N2. The van der Waals surface area contributed by atoms with Crippen LogP contribution in [0.1, 0.15) is 0 Å². The summed E-state index contributed by atoms with van der Waals surface area (Å²) in [4.78, 5) is 2.02. The van der Waals surface area contributed by atoms with E-state index in [4.69, 9.17) is 0 Å². The molecule has 0 N–H and O–H groups in total. The summed E-state index contributed by atoms with van der Waals surface area (Å²) in [7, 11) is 3.98. The monoisotopic (exact) mass is 161 g/mol. The summed E-state index contributed by atoms with van der Waals surface area (Å²) in [5.74, 6) is 0. The molecule has 1 aromatic carbocycles. The van der Waals surface area contributed by atoms with Crippen molar-refractivity contribution in [1.29, 1.82) is 0 Å². The van der Waals surface area contributed by atoms with E-state index >= 15 is 0 Å². The molecule has 1 aromatic rings. The smallest absolute Gasteiger partial charge is 0.117 e. The Morgan fingerprint density at radius 2 is 2.00 bits per heavy atom. The van der Waals surface area contributed by atoms with E-state index in [1.807, 2.05) is 37.2 Å². The van der Waals surface area contributed by atoms with E-state index < -0.39 is 0 Å². The standard InChI is InChI=1S/C8H9N4/c1-12(2)6-3-4-7-8(5-6)10-11-9-7/h3-5H,1-2H3. The zero-order chi connectivity index (χ0) is 8.55. The van der Waals surface area contributed by atoms with Gasteiger partial charge in [0.05, 0.1) is 0 Å². The maximum absolute atomic E-state index is 3.87. The molecule has 0 bridgehead atoms. The van der Waals surface area contributed by atoms with Crippen molar-refractivity contribution in [3.05, 3.63) is 18.2 Å². The highest BCUT2D eigenvalue weighted by Gasteiger charge is 2.09. The molecule has 1 aliphatic rings. The Morgan fingerprint density at radius 1 is 1.17 bits per heavy atom. The molecule has 1 aliphatic heterocycles. The van der Waals surface area contributed by atoms with E-state index in [1.165, 1.54) is 0 Å². The van der Waals surface area contributed by atoms with Crippen LogP contribution in [0.25, 0.3) is 0 Å². The minimum Gasteiger partial charge on any atom is -0.378 e. The van der Waals surface area contributed by atoms with Gasteiger partial charge >= 0.3 is 0 Å². The van der Waals surface area contributed by atoms with Crippen molar-refractivity contribution < 1.29 is 0 Å². The summed E-state index contributed by atoms with van der Waals surface area (Å²) < 4.78 is 0. The molecule has 4 nitrogen and oxygen atoms in total. The number of hydrogen-bond donors (Lipinski definition) is 0. The van der Waals surface area contributed by atoms with Crippen molar-refractivity contribution in [3.63, 3.8) is 0 Å². The maximum Gasteiger partial charge on any atom is 0.117 e. The molecular weight excluding hydrogens is 152 g/mol. The van der Waals surface area contributed by atoms with Crippen LogP contribution in [0.15, 0.2) is 28.5 Å². The molecule has 0 saturated carbocycles. The molecule has 0 fully saturated rings. The number of anilines is 1. The molecule has 0 unspecified atom stereocenters. The first kappa shape index (κ1) is 7.09. The van der Waals surface area contributed by atoms with E-state index in [2.05, 4.69) is 15.8 Å². The largest absolute Gasteiger partial charge is 0.378 e. The Morgan fingerprint density at radius 3 is 2.75 bits per heavy atom. The van der Waals surface area contributed by atoms with Crippen LogP contribution in [0.2, 0.25) is 0 Å². The number of rotatable bonds is 1. The van der Waals surface area contributed by atoms with E-state index in [0.29, 0.717) is 0 Å². The quantitative estimate of drug-likeness (QED) is 0.621. The molecule has 0 aromatic heterocycles. The van der Waals surface area contributed by atoms with Crippen molar-refractivity contribution in [2.24, 2.45) is 10.3 Å². The fourth-order valence-electron chi connectivity index (χ4n) is 1.07. The molecule has 4 heteroatoms. The van der Waals surface area contributed by atoms with Gasteiger partial charge in [0, 0.05) is 19.8 Å². The Balaban J connectivity index is 2.42. The predicted molar refractivity (Wildman–Crippen MR) is 47.1 cm³/mol. The summed E-state index contributed by atoms with van der Waals surface area (Å²) in [6.07, 6.45) is 0. The van der Waals surface area contributed by atoms with Gasteiger partial charge in [0.1, 0.15) is 11.4 Å². The third-order valence-electron chi connectivity index (χ3n) is 1.78. The average Bonchev–Trinajstić information content (AvgIpc) is 2.49. The summed E-state index contributed by atoms with van der Waals surface area (Å²) in [6.45, 7) is 0. The first-order chi connectivity index (χ1) is 5.77. The molecular formula is C8H9N4. The molecule has 61 valence electrons. The van der Waals surface area contributed by atoms with Gasteiger partial charge in [-0.05, 0) is 23.4 Å². The van der Waals surface area contributed by atoms with Crippen LogP contribution in [0, 0.1) is 0 Å². The topological polar surface area (TPSA) is 42.1 Å². The lowest BCUT2D eigenvalue weighted by atomic mass is 10.2. The average molecular weight is 161 g/mol. The fraction of sp³-hybridized carbons (Fsp3) is 0.250. The molecule has 1 heterocycles. The van der Waals surface area contributed by atoms with Gasteiger partial charge in [0.2, 0.25) is 0 Å². The zero-order valence-corrected chi connectivity index (χ0v) is 7.02. The summed E-state index contributed by atoms with van der Waals surface area (Å²) in [6, 6.07) is 5.89. The third kappa shape index (κ3) is 1.01. The predicted octanol–water partition coefficient (Wildman–Crippen LogP) is 2.00. The van der Waals surface area contributed by atoms with Crippen molar-refractivity contribution >= 4 is 17.1 Å². The van der Waals surface area contributed by atoms with Crippen LogP contribution >= 0.6 is 0 Å². The van der Waals surface area contributed by atoms with Crippen molar-refractivity contribution in [1.82, 2.24) is 5.43 Å². The van der Waals surface area contributed by atoms with Crippen LogP contribution in [0.4, 0.5) is 17.1 Å². The molecule has 2 rings (SSSR count). The summed E-state index contributed by atoms with van der Waals surface area (Å²) >= 11 is 0. The lowest BCUT2D eigenvalue weighted by Gasteiger charge is -2.11. The lowest BCUT2D eigenvalue weighted by molar-refractivity contribution is 0.922. The highest BCUT2D eigenvalue weighted by atomic mass is 15.5. The van der Waals surface area contributed by atoms with Gasteiger partial charge in [-0.25, -0.2) is 0 Å². The molecule has 0 spiro atoms. The van der Waals surface area contributed by atoms with Crippen LogP contribution < -0.4 is 10.3 Å². The highest BCUT2D eigenvalue weighted by Crippen LogP contribution is 2.33. The second-order valence-electron chi connectivity index (χ2n) is 2.86. The van der Waals surface area contributed by atoms with E-state index in [0.717, 1.165) is 17.1 Å². The molecule has 0 saturated heterocycles. The summed E-state index contributed by atoms with van der Waals surface area (Å²) in [5, 5.41) is 7.42. The summed E-state index contributed by atoms with van der Waals surface area (Å²) in [5.41, 5.74) is 6.69. The maximum atomic E-state index is 3.87. The Hall–Kier alpha value is -1.58. The van der Waals surface area contributed by atoms with Gasteiger partial charge in [-0.1, -0.05) is 0 Å². The second-order valence-corrected chi connectivity index (χ2v) is 2.86. The molecule has 0 atom stereocenters. The molecule has 1 radical (unpaired) electrons. The first-order valence-electron chi connectivity index (χ1n) is 3.70. The Bertz CT molecular complexity index is 330. The van der Waals surface area contributed by atoms with Gasteiger partial charge < -0.3 is 4.90 Å². The second kappa shape index (κ2) is 2.48. The van der Waals surface area contributed by atoms with Crippen molar-refractivity contribution in [2.45, 2.75) is 0 Å². The highest BCUT2D eigenvalue weighted by molar-refractivity contribution is 5.68.